The lowest BCUT2D eigenvalue weighted by Crippen LogP contribution is -2.10. The molecule has 0 bridgehead atoms. The fourth-order valence-electron chi connectivity index (χ4n) is 4.75. The van der Waals surface area contributed by atoms with E-state index in [1.807, 2.05) is 12.1 Å². The summed E-state index contributed by atoms with van der Waals surface area (Å²) in [6, 6.07) is 44.5. The molecule has 6 aromatic rings. The van der Waals surface area contributed by atoms with E-state index in [0.717, 1.165) is 28.5 Å². The highest BCUT2D eigenvalue weighted by atomic mass is 16.5. The molecule has 0 aliphatic rings. The second-order valence-corrected chi connectivity index (χ2v) is 8.27. The first kappa shape index (κ1) is 20.1. The van der Waals surface area contributed by atoms with E-state index in [0.29, 0.717) is 0 Å². The molecular formula is C31H24N2O. The molecule has 1 heterocycles. The van der Waals surface area contributed by atoms with Gasteiger partial charge >= 0.3 is 0 Å². The summed E-state index contributed by atoms with van der Waals surface area (Å²) in [5.41, 5.74) is 6.63. The molecule has 0 aliphatic carbocycles. The number of ether oxygens (including phenoxy) is 1. The average molecular weight is 441 g/mol. The van der Waals surface area contributed by atoms with Crippen LogP contribution in [0.25, 0.3) is 27.5 Å². The third-order valence-corrected chi connectivity index (χ3v) is 6.24. The van der Waals surface area contributed by atoms with Crippen LogP contribution >= 0.6 is 0 Å². The SMILES string of the molecule is COc1cc(N(c2ccccc2)c2ccccc2)cc(-n2c3ccccc3c3ccccc32)c1. The highest BCUT2D eigenvalue weighted by Gasteiger charge is 2.17. The first-order valence-electron chi connectivity index (χ1n) is 11.4. The van der Waals surface area contributed by atoms with Gasteiger partial charge in [0.05, 0.1) is 29.5 Å². The van der Waals surface area contributed by atoms with Crippen LogP contribution in [0.2, 0.25) is 0 Å². The fourth-order valence-corrected chi connectivity index (χ4v) is 4.75. The van der Waals surface area contributed by atoms with Crippen molar-refractivity contribution in [3.63, 3.8) is 0 Å². The lowest BCUT2D eigenvalue weighted by atomic mass is 10.1. The highest BCUT2D eigenvalue weighted by molar-refractivity contribution is 6.09. The summed E-state index contributed by atoms with van der Waals surface area (Å²) in [7, 11) is 1.73. The van der Waals surface area contributed by atoms with Crippen molar-refractivity contribution in [2.45, 2.75) is 0 Å². The van der Waals surface area contributed by atoms with Gasteiger partial charge in [0, 0.05) is 34.3 Å². The zero-order chi connectivity index (χ0) is 22.9. The molecule has 0 fully saturated rings. The van der Waals surface area contributed by atoms with E-state index in [1.54, 1.807) is 7.11 Å². The molecule has 164 valence electrons. The number of benzene rings is 5. The number of fused-ring (bicyclic) bond motifs is 3. The van der Waals surface area contributed by atoms with Crippen LogP contribution in [0.3, 0.4) is 0 Å². The lowest BCUT2D eigenvalue weighted by molar-refractivity contribution is 0.415. The van der Waals surface area contributed by atoms with Crippen LogP contribution in [0.15, 0.2) is 127 Å². The van der Waals surface area contributed by atoms with E-state index in [9.17, 15) is 0 Å². The molecule has 1 aromatic heterocycles. The zero-order valence-corrected chi connectivity index (χ0v) is 18.9. The monoisotopic (exact) mass is 440 g/mol. The van der Waals surface area contributed by atoms with Gasteiger partial charge in [0.2, 0.25) is 0 Å². The van der Waals surface area contributed by atoms with Crippen LogP contribution in [0.4, 0.5) is 17.1 Å². The van der Waals surface area contributed by atoms with Crippen molar-refractivity contribution < 1.29 is 4.74 Å². The van der Waals surface area contributed by atoms with Crippen molar-refractivity contribution in [3.8, 4) is 11.4 Å². The molecule has 0 radical (unpaired) electrons. The van der Waals surface area contributed by atoms with Crippen LogP contribution in [0.5, 0.6) is 5.75 Å². The van der Waals surface area contributed by atoms with Gasteiger partial charge in [-0.1, -0.05) is 72.8 Å². The van der Waals surface area contributed by atoms with E-state index in [4.69, 9.17) is 4.74 Å². The molecule has 0 saturated heterocycles. The Morgan fingerprint density at radius 3 is 1.56 bits per heavy atom. The Morgan fingerprint density at radius 1 is 0.529 bits per heavy atom. The van der Waals surface area contributed by atoms with Gasteiger partial charge in [-0.25, -0.2) is 0 Å². The minimum Gasteiger partial charge on any atom is -0.497 e. The van der Waals surface area contributed by atoms with E-state index in [1.165, 1.54) is 21.8 Å². The molecule has 0 spiro atoms. The summed E-state index contributed by atoms with van der Waals surface area (Å²) in [4.78, 5) is 2.26. The second kappa shape index (κ2) is 8.45. The summed E-state index contributed by atoms with van der Waals surface area (Å²) >= 11 is 0. The van der Waals surface area contributed by atoms with Crippen LogP contribution in [-0.2, 0) is 0 Å². The van der Waals surface area contributed by atoms with Crippen molar-refractivity contribution in [1.29, 1.82) is 0 Å². The van der Waals surface area contributed by atoms with E-state index < -0.39 is 0 Å². The highest BCUT2D eigenvalue weighted by Crippen LogP contribution is 2.39. The van der Waals surface area contributed by atoms with Crippen molar-refractivity contribution in [3.05, 3.63) is 127 Å². The molecule has 5 aromatic carbocycles. The molecular weight excluding hydrogens is 416 g/mol. The van der Waals surface area contributed by atoms with Gasteiger partial charge < -0.3 is 14.2 Å². The Labute approximate surface area is 199 Å². The molecule has 6 rings (SSSR count). The Morgan fingerprint density at radius 2 is 1.03 bits per heavy atom. The van der Waals surface area contributed by atoms with E-state index >= 15 is 0 Å². The summed E-state index contributed by atoms with van der Waals surface area (Å²) in [5, 5.41) is 2.48. The smallest absolute Gasteiger partial charge is 0.123 e. The van der Waals surface area contributed by atoms with Gasteiger partial charge in [0.1, 0.15) is 5.75 Å². The van der Waals surface area contributed by atoms with Crippen molar-refractivity contribution in [2.24, 2.45) is 0 Å². The van der Waals surface area contributed by atoms with Gasteiger partial charge in [-0.05, 0) is 42.5 Å². The summed E-state index contributed by atoms with van der Waals surface area (Å²) < 4.78 is 8.12. The molecule has 3 heteroatoms. The van der Waals surface area contributed by atoms with Crippen LogP contribution in [0, 0.1) is 0 Å². The number of methoxy groups -OCH3 is 1. The maximum atomic E-state index is 5.80. The number of rotatable bonds is 5. The minimum atomic E-state index is 0.811. The van der Waals surface area contributed by atoms with Gasteiger partial charge in [0.25, 0.3) is 0 Å². The third-order valence-electron chi connectivity index (χ3n) is 6.24. The third kappa shape index (κ3) is 3.39. The minimum absolute atomic E-state index is 0.811. The largest absolute Gasteiger partial charge is 0.497 e. The van der Waals surface area contributed by atoms with Gasteiger partial charge in [-0.15, -0.1) is 0 Å². The Balaban J connectivity index is 1.63. The Hall–Kier alpha value is -4.50. The number of anilines is 3. The van der Waals surface area contributed by atoms with Crippen LogP contribution in [0.1, 0.15) is 0 Å². The molecule has 0 unspecified atom stereocenters. The Bertz CT molecular complexity index is 1490. The maximum Gasteiger partial charge on any atom is 0.123 e. The molecule has 0 saturated carbocycles. The molecule has 0 aliphatic heterocycles. The van der Waals surface area contributed by atoms with Gasteiger partial charge in [-0.3, -0.25) is 0 Å². The quantitative estimate of drug-likeness (QED) is 0.268. The van der Waals surface area contributed by atoms with Crippen molar-refractivity contribution in [2.75, 3.05) is 12.0 Å². The molecule has 0 amide bonds. The van der Waals surface area contributed by atoms with Crippen molar-refractivity contribution in [1.82, 2.24) is 4.57 Å². The summed E-state index contributed by atoms with van der Waals surface area (Å²) in [6.07, 6.45) is 0. The molecule has 3 nitrogen and oxygen atoms in total. The standard InChI is InChI=1S/C31H24N2O/c1-34-27-21-25(32(23-12-4-2-5-13-23)24-14-6-3-7-15-24)20-26(22-27)33-30-18-10-8-16-28(30)29-17-9-11-19-31(29)33/h2-22H,1H3. The van der Waals surface area contributed by atoms with E-state index in [2.05, 4.69) is 125 Å². The van der Waals surface area contributed by atoms with Crippen LogP contribution in [-0.4, -0.2) is 11.7 Å². The summed E-state index contributed by atoms with van der Waals surface area (Å²) in [5.74, 6) is 0.811. The summed E-state index contributed by atoms with van der Waals surface area (Å²) in [6.45, 7) is 0. The number of aromatic nitrogens is 1. The van der Waals surface area contributed by atoms with Crippen molar-refractivity contribution >= 4 is 38.9 Å². The normalized spacial score (nSPS) is 11.1. The first-order valence-corrected chi connectivity index (χ1v) is 11.4. The van der Waals surface area contributed by atoms with Crippen LogP contribution < -0.4 is 9.64 Å². The first-order chi connectivity index (χ1) is 16.8. The lowest BCUT2D eigenvalue weighted by Gasteiger charge is -2.26. The fraction of sp³-hybridized carbons (Fsp3) is 0.0323. The van der Waals surface area contributed by atoms with E-state index in [-0.39, 0.29) is 0 Å². The number of para-hydroxylation sites is 4. The van der Waals surface area contributed by atoms with Gasteiger partial charge in [-0.2, -0.15) is 0 Å². The predicted octanol–water partition coefficient (Wildman–Crippen LogP) is 8.26. The number of hydrogen-bond donors (Lipinski definition) is 0. The molecule has 34 heavy (non-hydrogen) atoms. The average Bonchev–Trinajstić information content (AvgIpc) is 3.24. The second-order valence-electron chi connectivity index (χ2n) is 8.27. The predicted molar refractivity (Wildman–Crippen MR) is 142 cm³/mol. The zero-order valence-electron chi connectivity index (χ0n) is 18.9. The number of hydrogen-bond acceptors (Lipinski definition) is 2. The molecule has 0 atom stereocenters. The topological polar surface area (TPSA) is 17.4 Å². The Kier molecular flexibility index (Phi) is 5.00. The van der Waals surface area contributed by atoms with Gasteiger partial charge in [0.15, 0.2) is 0 Å². The molecule has 0 N–H and O–H groups in total. The number of nitrogens with zero attached hydrogens (tertiary/aromatic N) is 2. The maximum absolute atomic E-state index is 5.80.